The summed E-state index contributed by atoms with van der Waals surface area (Å²) in [6, 6.07) is 0. The van der Waals surface area contributed by atoms with Gasteiger partial charge in [0.15, 0.2) is 5.82 Å². The third kappa shape index (κ3) is 4.14. The number of nitrogens with one attached hydrogen (secondary N) is 1. The van der Waals surface area contributed by atoms with Gasteiger partial charge < -0.3 is 19.5 Å². The van der Waals surface area contributed by atoms with E-state index in [1.165, 1.54) is 4.90 Å². The number of carbonyl (C=O) groups excluding carboxylic acids is 2. The Labute approximate surface area is 153 Å². The van der Waals surface area contributed by atoms with Gasteiger partial charge in [-0.15, -0.1) is 0 Å². The number of piperidine rings is 1. The zero-order valence-corrected chi connectivity index (χ0v) is 15.7. The zero-order chi connectivity index (χ0) is 18.7. The molecule has 9 heteroatoms. The monoisotopic (exact) mass is 365 g/mol. The van der Waals surface area contributed by atoms with E-state index in [0.29, 0.717) is 31.2 Å². The molecule has 3 heterocycles. The van der Waals surface area contributed by atoms with Gasteiger partial charge in [-0.05, 0) is 13.1 Å². The first-order valence-corrected chi connectivity index (χ1v) is 9.14. The topological polar surface area (TPSA) is 101 Å². The van der Waals surface area contributed by atoms with E-state index in [2.05, 4.69) is 15.5 Å². The lowest BCUT2D eigenvalue weighted by Gasteiger charge is -2.31. The van der Waals surface area contributed by atoms with Crippen molar-refractivity contribution in [3.05, 3.63) is 11.7 Å². The van der Waals surface area contributed by atoms with E-state index in [1.54, 1.807) is 11.9 Å². The standard InChI is InChI=1S/C17H27N5O4/c1-12(2)15-19-13(20-26-15)4-9-21(3)14(23)10-22-11-17(25-16(22)24)5-7-18-8-6-17/h12,18H,4-11H2,1-3H3. The fraction of sp³-hybridized carbons (Fsp3) is 0.765. The van der Waals surface area contributed by atoms with Crippen LogP contribution in [0.1, 0.15) is 44.3 Å². The Morgan fingerprint density at radius 1 is 1.38 bits per heavy atom. The second-order valence-corrected chi connectivity index (χ2v) is 7.43. The maximum Gasteiger partial charge on any atom is 0.410 e. The number of nitrogens with zero attached hydrogens (tertiary/aromatic N) is 4. The molecule has 0 saturated carbocycles. The molecule has 2 amide bonds. The van der Waals surface area contributed by atoms with E-state index >= 15 is 0 Å². The van der Waals surface area contributed by atoms with Crippen molar-refractivity contribution < 1.29 is 18.8 Å². The van der Waals surface area contributed by atoms with Crippen LogP contribution in [-0.2, 0) is 16.0 Å². The molecular weight excluding hydrogens is 338 g/mol. The fourth-order valence-corrected chi connectivity index (χ4v) is 3.24. The van der Waals surface area contributed by atoms with Gasteiger partial charge in [-0.2, -0.15) is 4.98 Å². The van der Waals surface area contributed by atoms with Crippen molar-refractivity contribution in [2.24, 2.45) is 0 Å². The molecular formula is C17H27N5O4. The summed E-state index contributed by atoms with van der Waals surface area (Å²) >= 11 is 0. The SMILES string of the molecule is CC(C)c1nc(CCN(C)C(=O)CN2CC3(CCNCC3)OC2=O)no1. The second kappa shape index (κ2) is 7.61. The number of carbonyl (C=O) groups is 2. The maximum absolute atomic E-state index is 12.5. The molecule has 2 saturated heterocycles. The summed E-state index contributed by atoms with van der Waals surface area (Å²) in [7, 11) is 1.72. The minimum Gasteiger partial charge on any atom is -0.441 e. The minimum atomic E-state index is -0.431. The Morgan fingerprint density at radius 2 is 2.12 bits per heavy atom. The molecule has 2 aliphatic heterocycles. The van der Waals surface area contributed by atoms with Crippen molar-refractivity contribution in [1.82, 2.24) is 25.3 Å². The highest BCUT2D eigenvalue weighted by Gasteiger charge is 2.46. The van der Waals surface area contributed by atoms with Crippen molar-refractivity contribution in [3.63, 3.8) is 0 Å². The van der Waals surface area contributed by atoms with Crippen molar-refractivity contribution in [1.29, 1.82) is 0 Å². The van der Waals surface area contributed by atoms with Crippen molar-refractivity contribution >= 4 is 12.0 Å². The molecule has 9 nitrogen and oxygen atoms in total. The van der Waals surface area contributed by atoms with Gasteiger partial charge in [-0.3, -0.25) is 9.69 Å². The summed E-state index contributed by atoms with van der Waals surface area (Å²) in [5.41, 5.74) is -0.431. The van der Waals surface area contributed by atoms with Gasteiger partial charge >= 0.3 is 6.09 Å². The van der Waals surface area contributed by atoms with E-state index in [4.69, 9.17) is 9.26 Å². The number of aromatic nitrogens is 2. The van der Waals surface area contributed by atoms with Crippen LogP contribution in [0.2, 0.25) is 0 Å². The van der Waals surface area contributed by atoms with Crippen molar-refractivity contribution in [2.75, 3.05) is 39.8 Å². The summed E-state index contributed by atoms with van der Waals surface area (Å²) in [6.45, 7) is 6.61. The minimum absolute atomic E-state index is 0.0357. The highest BCUT2D eigenvalue weighted by atomic mass is 16.6. The number of rotatable bonds is 6. The average Bonchev–Trinajstić information content (AvgIpc) is 3.19. The van der Waals surface area contributed by atoms with E-state index in [1.807, 2.05) is 13.8 Å². The van der Waals surface area contributed by atoms with E-state index in [-0.39, 0.29) is 18.4 Å². The molecule has 144 valence electrons. The van der Waals surface area contributed by atoms with Crippen LogP contribution in [0.5, 0.6) is 0 Å². The van der Waals surface area contributed by atoms with Crippen LogP contribution in [0, 0.1) is 0 Å². The van der Waals surface area contributed by atoms with Crippen LogP contribution in [0.15, 0.2) is 4.52 Å². The molecule has 0 atom stereocenters. The molecule has 2 aliphatic rings. The lowest BCUT2D eigenvalue weighted by atomic mass is 9.92. The van der Waals surface area contributed by atoms with Crippen LogP contribution in [0.3, 0.4) is 0 Å². The molecule has 0 bridgehead atoms. The molecule has 0 aliphatic carbocycles. The predicted molar refractivity (Wildman–Crippen MR) is 92.6 cm³/mol. The quantitative estimate of drug-likeness (QED) is 0.794. The van der Waals surface area contributed by atoms with Crippen molar-refractivity contribution in [3.8, 4) is 0 Å². The molecule has 1 N–H and O–H groups in total. The van der Waals surface area contributed by atoms with Crippen molar-refractivity contribution in [2.45, 2.75) is 44.6 Å². The molecule has 1 spiro atoms. The van der Waals surface area contributed by atoms with Crippen LogP contribution in [0.4, 0.5) is 4.79 Å². The first kappa shape index (κ1) is 18.6. The van der Waals surface area contributed by atoms with Gasteiger partial charge in [0.05, 0.1) is 6.54 Å². The number of hydrogen-bond acceptors (Lipinski definition) is 7. The van der Waals surface area contributed by atoms with Crippen LogP contribution < -0.4 is 5.32 Å². The van der Waals surface area contributed by atoms with Crippen LogP contribution in [0.25, 0.3) is 0 Å². The molecule has 3 rings (SSSR count). The smallest absolute Gasteiger partial charge is 0.410 e. The Bertz CT molecular complexity index is 653. The van der Waals surface area contributed by atoms with Gasteiger partial charge in [0, 0.05) is 38.8 Å². The van der Waals surface area contributed by atoms with Gasteiger partial charge in [0.2, 0.25) is 11.8 Å². The van der Waals surface area contributed by atoms with Gasteiger partial charge in [0.25, 0.3) is 0 Å². The molecule has 1 aromatic heterocycles. The molecule has 0 aromatic carbocycles. The van der Waals surface area contributed by atoms with Gasteiger partial charge in [0.1, 0.15) is 12.1 Å². The highest BCUT2D eigenvalue weighted by molar-refractivity contribution is 5.83. The van der Waals surface area contributed by atoms with E-state index in [0.717, 1.165) is 25.9 Å². The summed E-state index contributed by atoms with van der Waals surface area (Å²) in [6.07, 6.45) is 1.69. The van der Waals surface area contributed by atoms with E-state index < -0.39 is 11.7 Å². The Morgan fingerprint density at radius 3 is 2.77 bits per heavy atom. The molecule has 1 aromatic rings. The average molecular weight is 365 g/mol. The molecule has 2 fully saturated rings. The summed E-state index contributed by atoms with van der Waals surface area (Å²) in [5.74, 6) is 1.24. The maximum atomic E-state index is 12.5. The van der Waals surface area contributed by atoms with Gasteiger partial charge in [-0.25, -0.2) is 4.79 Å². The Balaban J connectivity index is 1.48. The Kier molecular flexibility index (Phi) is 5.45. The summed E-state index contributed by atoms with van der Waals surface area (Å²) < 4.78 is 10.7. The Hall–Kier alpha value is -2.16. The fourth-order valence-electron chi connectivity index (χ4n) is 3.24. The molecule has 26 heavy (non-hydrogen) atoms. The largest absolute Gasteiger partial charge is 0.441 e. The normalized spacial score (nSPS) is 19.2. The van der Waals surface area contributed by atoms with Crippen LogP contribution in [-0.4, -0.2) is 77.3 Å². The zero-order valence-electron chi connectivity index (χ0n) is 15.7. The third-order valence-electron chi connectivity index (χ3n) is 4.96. The first-order valence-electron chi connectivity index (χ1n) is 9.14. The highest BCUT2D eigenvalue weighted by Crippen LogP contribution is 2.30. The van der Waals surface area contributed by atoms with Gasteiger partial charge in [-0.1, -0.05) is 19.0 Å². The van der Waals surface area contributed by atoms with E-state index in [9.17, 15) is 9.59 Å². The summed E-state index contributed by atoms with van der Waals surface area (Å²) in [5, 5.41) is 7.19. The summed E-state index contributed by atoms with van der Waals surface area (Å²) in [4.78, 5) is 32.0. The lowest BCUT2D eigenvalue weighted by molar-refractivity contribution is -0.130. The number of likely N-dealkylation sites (N-methyl/N-ethyl adjacent to an activating group) is 1. The van der Waals surface area contributed by atoms with Crippen LogP contribution >= 0.6 is 0 Å². The number of ether oxygens (including phenoxy) is 1. The number of amides is 2. The molecule has 0 radical (unpaired) electrons. The second-order valence-electron chi connectivity index (χ2n) is 7.43. The number of hydrogen-bond donors (Lipinski definition) is 1. The molecule has 0 unspecified atom stereocenters. The third-order valence-corrected chi connectivity index (χ3v) is 4.96. The predicted octanol–water partition coefficient (Wildman–Crippen LogP) is 0.768. The lowest BCUT2D eigenvalue weighted by Crippen LogP contribution is -2.46. The first-order chi connectivity index (χ1) is 12.4.